The third-order valence-corrected chi connectivity index (χ3v) is 4.63. The second kappa shape index (κ2) is 7.74. The number of furan rings is 1. The lowest BCUT2D eigenvalue weighted by molar-refractivity contribution is 0.199. The minimum Gasteiger partial charge on any atom is -0.468 e. The predicted molar refractivity (Wildman–Crippen MR) is 82.6 cm³/mol. The van der Waals surface area contributed by atoms with Crippen molar-refractivity contribution in [2.45, 2.75) is 23.3 Å². The molecule has 0 saturated carbocycles. The average molecular weight is 312 g/mol. The van der Waals surface area contributed by atoms with E-state index in [2.05, 4.69) is 11.4 Å². The number of methoxy groups -OCH3 is 1. The van der Waals surface area contributed by atoms with E-state index in [0.29, 0.717) is 6.61 Å². The van der Waals surface area contributed by atoms with Crippen LogP contribution in [0.2, 0.25) is 5.02 Å². The van der Waals surface area contributed by atoms with E-state index in [4.69, 9.17) is 20.8 Å². The Balaban J connectivity index is 2.12. The van der Waals surface area contributed by atoms with Crippen molar-refractivity contribution in [3.8, 4) is 0 Å². The fourth-order valence-electron chi connectivity index (χ4n) is 1.79. The molecule has 0 amide bonds. The zero-order chi connectivity index (χ0) is 14.4. The number of benzene rings is 1. The molecule has 3 nitrogen and oxygen atoms in total. The Morgan fingerprint density at radius 2 is 2.20 bits per heavy atom. The standard InChI is InChI=1S/C15H18ClNO2S/c1-11-14(6-8-19-11)20-15-12(4-3-5-13(15)16)10-17-7-9-18-2/h3-6,8,17H,7,9-10H2,1-2H3. The third kappa shape index (κ3) is 4.03. The lowest BCUT2D eigenvalue weighted by atomic mass is 10.2. The highest BCUT2D eigenvalue weighted by atomic mass is 35.5. The lowest BCUT2D eigenvalue weighted by Crippen LogP contribution is -2.18. The van der Waals surface area contributed by atoms with Crippen molar-refractivity contribution in [1.82, 2.24) is 5.32 Å². The van der Waals surface area contributed by atoms with Gasteiger partial charge >= 0.3 is 0 Å². The molecule has 0 aliphatic rings. The number of hydrogen-bond acceptors (Lipinski definition) is 4. The molecule has 0 atom stereocenters. The molecular weight excluding hydrogens is 294 g/mol. The summed E-state index contributed by atoms with van der Waals surface area (Å²) in [5.41, 5.74) is 1.18. The quantitative estimate of drug-likeness (QED) is 0.780. The minimum atomic E-state index is 0.698. The highest BCUT2D eigenvalue weighted by molar-refractivity contribution is 7.99. The summed E-state index contributed by atoms with van der Waals surface area (Å²) in [7, 11) is 1.70. The Hall–Kier alpha value is -0.940. The average Bonchev–Trinajstić information content (AvgIpc) is 2.84. The first-order valence-electron chi connectivity index (χ1n) is 6.41. The van der Waals surface area contributed by atoms with Gasteiger partial charge in [-0.15, -0.1) is 0 Å². The van der Waals surface area contributed by atoms with Crippen LogP contribution in [0.1, 0.15) is 11.3 Å². The Kier molecular flexibility index (Phi) is 5.98. The topological polar surface area (TPSA) is 34.4 Å². The Morgan fingerprint density at radius 1 is 1.35 bits per heavy atom. The van der Waals surface area contributed by atoms with Crippen molar-refractivity contribution in [2.75, 3.05) is 20.3 Å². The van der Waals surface area contributed by atoms with Gasteiger partial charge in [0.2, 0.25) is 0 Å². The van der Waals surface area contributed by atoms with Crippen molar-refractivity contribution >= 4 is 23.4 Å². The summed E-state index contributed by atoms with van der Waals surface area (Å²) in [6, 6.07) is 7.94. The van der Waals surface area contributed by atoms with E-state index >= 15 is 0 Å². The summed E-state index contributed by atoms with van der Waals surface area (Å²) >= 11 is 7.98. The molecule has 0 aliphatic carbocycles. The van der Waals surface area contributed by atoms with E-state index < -0.39 is 0 Å². The van der Waals surface area contributed by atoms with Gasteiger partial charge in [-0.1, -0.05) is 35.5 Å². The Bertz CT molecular complexity index is 557. The molecule has 1 aromatic heterocycles. The monoisotopic (exact) mass is 311 g/mol. The molecule has 0 bridgehead atoms. The summed E-state index contributed by atoms with van der Waals surface area (Å²) in [6.07, 6.45) is 1.70. The van der Waals surface area contributed by atoms with Crippen LogP contribution in [0.3, 0.4) is 0 Å². The zero-order valence-corrected chi connectivity index (χ0v) is 13.2. The fourth-order valence-corrected chi connectivity index (χ4v) is 3.08. The van der Waals surface area contributed by atoms with Crippen LogP contribution in [0, 0.1) is 6.92 Å². The molecule has 5 heteroatoms. The maximum absolute atomic E-state index is 6.33. The first kappa shape index (κ1) is 15.4. The van der Waals surface area contributed by atoms with Crippen molar-refractivity contribution in [3.05, 3.63) is 46.9 Å². The van der Waals surface area contributed by atoms with E-state index in [9.17, 15) is 0 Å². The van der Waals surface area contributed by atoms with Crippen LogP contribution in [-0.4, -0.2) is 20.3 Å². The molecule has 1 N–H and O–H groups in total. The molecule has 1 aromatic carbocycles. The molecule has 2 rings (SSSR count). The maximum atomic E-state index is 6.33. The molecule has 20 heavy (non-hydrogen) atoms. The van der Waals surface area contributed by atoms with Crippen molar-refractivity contribution in [2.24, 2.45) is 0 Å². The van der Waals surface area contributed by atoms with Gasteiger partial charge in [0.15, 0.2) is 0 Å². The van der Waals surface area contributed by atoms with E-state index in [0.717, 1.165) is 33.7 Å². The van der Waals surface area contributed by atoms with Crippen LogP contribution in [0.25, 0.3) is 0 Å². The largest absolute Gasteiger partial charge is 0.468 e. The number of aryl methyl sites for hydroxylation is 1. The second-order valence-electron chi connectivity index (χ2n) is 4.34. The van der Waals surface area contributed by atoms with Crippen molar-refractivity contribution in [3.63, 3.8) is 0 Å². The number of ether oxygens (including phenoxy) is 1. The number of rotatable bonds is 7. The van der Waals surface area contributed by atoms with Gasteiger partial charge in [0, 0.05) is 25.1 Å². The van der Waals surface area contributed by atoms with Crippen LogP contribution in [0.5, 0.6) is 0 Å². The van der Waals surface area contributed by atoms with Gasteiger partial charge in [-0.3, -0.25) is 0 Å². The molecule has 0 fully saturated rings. The van der Waals surface area contributed by atoms with Crippen LogP contribution >= 0.6 is 23.4 Å². The molecule has 0 saturated heterocycles. The molecular formula is C15H18ClNO2S. The third-order valence-electron chi connectivity index (χ3n) is 2.87. The SMILES string of the molecule is COCCNCc1cccc(Cl)c1Sc1ccoc1C. The summed E-state index contributed by atoms with van der Waals surface area (Å²) < 4.78 is 10.4. The molecule has 0 aliphatic heterocycles. The normalized spacial score (nSPS) is 10.9. The Labute approximate surface area is 128 Å². The van der Waals surface area contributed by atoms with E-state index in [1.807, 2.05) is 25.1 Å². The van der Waals surface area contributed by atoms with E-state index in [-0.39, 0.29) is 0 Å². The minimum absolute atomic E-state index is 0.698. The summed E-state index contributed by atoms with van der Waals surface area (Å²) in [5.74, 6) is 0.910. The highest BCUT2D eigenvalue weighted by Crippen LogP contribution is 2.37. The fraction of sp³-hybridized carbons (Fsp3) is 0.333. The van der Waals surface area contributed by atoms with Crippen LogP contribution in [0.4, 0.5) is 0 Å². The molecule has 1 heterocycles. The molecule has 0 radical (unpaired) electrons. The smallest absolute Gasteiger partial charge is 0.114 e. The van der Waals surface area contributed by atoms with Crippen molar-refractivity contribution in [1.29, 1.82) is 0 Å². The second-order valence-corrected chi connectivity index (χ2v) is 5.80. The van der Waals surface area contributed by atoms with Crippen LogP contribution in [-0.2, 0) is 11.3 Å². The molecule has 108 valence electrons. The highest BCUT2D eigenvalue weighted by Gasteiger charge is 2.11. The first-order chi connectivity index (χ1) is 9.72. The zero-order valence-electron chi connectivity index (χ0n) is 11.6. The van der Waals surface area contributed by atoms with Crippen molar-refractivity contribution < 1.29 is 9.15 Å². The maximum Gasteiger partial charge on any atom is 0.114 e. The molecule has 0 unspecified atom stereocenters. The van der Waals surface area contributed by atoms with E-state index in [1.54, 1.807) is 25.1 Å². The number of halogens is 1. The van der Waals surface area contributed by atoms with E-state index in [1.165, 1.54) is 5.56 Å². The van der Waals surface area contributed by atoms with Crippen LogP contribution < -0.4 is 5.32 Å². The van der Waals surface area contributed by atoms with Gasteiger partial charge in [0.25, 0.3) is 0 Å². The molecule has 2 aromatic rings. The predicted octanol–water partition coefficient (Wildman–Crippen LogP) is 4.13. The lowest BCUT2D eigenvalue weighted by Gasteiger charge is -2.11. The summed E-state index contributed by atoms with van der Waals surface area (Å²) in [6.45, 7) is 4.24. The summed E-state index contributed by atoms with van der Waals surface area (Å²) in [4.78, 5) is 2.17. The first-order valence-corrected chi connectivity index (χ1v) is 7.61. The van der Waals surface area contributed by atoms with Gasteiger partial charge in [-0.05, 0) is 24.6 Å². The summed E-state index contributed by atoms with van der Waals surface area (Å²) in [5, 5.41) is 4.11. The van der Waals surface area contributed by atoms with Gasteiger partial charge in [0.1, 0.15) is 5.76 Å². The number of nitrogens with one attached hydrogen (secondary N) is 1. The van der Waals surface area contributed by atoms with Gasteiger partial charge in [-0.25, -0.2) is 0 Å². The van der Waals surface area contributed by atoms with Gasteiger partial charge < -0.3 is 14.5 Å². The van der Waals surface area contributed by atoms with Gasteiger partial charge in [0.05, 0.1) is 22.8 Å². The van der Waals surface area contributed by atoms with Crippen LogP contribution in [0.15, 0.2) is 44.7 Å². The van der Waals surface area contributed by atoms with Gasteiger partial charge in [-0.2, -0.15) is 0 Å². The Morgan fingerprint density at radius 3 is 2.90 bits per heavy atom. The number of hydrogen-bond donors (Lipinski definition) is 1. The molecule has 0 spiro atoms.